The van der Waals surface area contributed by atoms with Crippen molar-refractivity contribution in [1.29, 1.82) is 0 Å². The largest absolute Gasteiger partial charge is 0.349 e. The Labute approximate surface area is 96.8 Å². The molecule has 3 atom stereocenters. The van der Waals surface area contributed by atoms with E-state index >= 15 is 0 Å². The molecule has 2 rings (SSSR count). The number of rotatable bonds is 4. The molecule has 0 heterocycles. The normalized spacial score (nSPS) is 36.9. The molecule has 86 valence electrons. The van der Waals surface area contributed by atoms with Crippen LogP contribution in [0.25, 0.3) is 0 Å². The number of hydrogen-bond acceptors (Lipinski definition) is 1. The molecule has 2 aliphatic rings. The fourth-order valence-electron chi connectivity index (χ4n) is 2.81. The van der Waals surface area contributed by atoms with Gasteiger partial charge in [-0.25, -0.2) is 0 Å². The maximum Gasteiger partial charge on any atom is 0.224 e. The zero-order valence-electron chi connectivity index (χ0n) is 9.55. The van der Waals surface area contributed by atoms with Gasteiger partial charge >= 0.3 is 0 Å². The van der Waals surface area contributed by atoms with Gasteiger partial charge in [-0.05, 0) is 38.0 Å². The van der Waals surface area contributed by atoms with Crippen molar-refractivity contribution in [1.82, 2.24) is 5.32 Å². The first-order valence-electron chi connectivity index (χ1n) is 5.99. The Balaban J connectivity index is 1.88. The zero-order chi connectivity index (χ0) is 11.1. The van der Waals surface area contributed by atoms with Crippen molar-refractivity contribution in [2.24, 2.45) is 17.8 Å². The quantitative estimate of drug-likeness (QED) is 0.738. The molecule has 0 radical (unpaired) electrons. The first kappa shape index (κ1) is 11.3. The summed E-state index contributed by atoms with van der Waals surface area (Å²) >= 11 is 5.88. The number of hydrogen-bond donors (Lipinski definition) is 1. The van der Waals surface area contributed by atoms with E-state index in [0.29, 0.717) is 23.6 Å². The molecule has 1 amide bonds. The van der Waals surface area contributed by atoms with Crippen LogP contribution < -0.4 is 5.32 Å². The van der Waals surface area contributed by atoms with Crippen LogP contribution in [-0.2, 0) is 4.79 Å². The van der Waals surface area contributed by atoms with E-state index in [1.807, 2.05) is 6.92 Å². The van der Waals surface area contributed by atoms with Crippen LogP contribution >= 0.6 is 11.6 Å². The summed E-state index contributed by atoms with van der Waals surface area (Å²) < 4.78 is 0. The minimum Gasteiger partial charge on any atom is -0.349 e. The van der Waals surface area contributed by atoms with Crippen molar-refractivity contribution in [2.45, 2.75) is 45.1 Å². The van der Waals surface area contributed by atoms with Gasteiger partial charge in [0.25, 0.3) is 0 Å². The highest BCUT2D eigenvalue weighted by molar-refractivity contribution is 6.18. The molecule has 0 aromatic rings. The van der Waals surface area contributed by atoms with Gasteiger partial charge in [-0.2, -0.15) is 0 Å². The molecule has 0 bridgehead atoms. The van der Waals surface area contributed by atoms with Gasteiger partial charge < -0.3 is 5.32 Å². The Kier molecular flexibility index (Phi) is 2.98. The van der Waals surface area contributed by atoms with E-state index in [9.17, 15) is 4.79 Å². The average Bonchev–Trinajstić information content (AvgIpc) is 2.73. The van der Waals surface area contributed by atoms with Gasteiger partial charge in [-0.1, -0.05) is 13.3 Å². The lowest BCUT2D eigenvalue weighted by molar-refractivity contribution is -0.124. The summed E-state index contributed by atoms with van der Waals surface area (Å²) in [7, 11) is 0. The highest BCUT2D eigenvalue weighted by atomic mass is 35.5. The summed E-state index contributed by atoms with van der Waals surface area (Å²) in [6, 6.07) is 0. The molecule has 0 aliphatic heterocycles. The van der Waals surface area contributed by atoms with E-state index in [-0.39, 0.29) is 11.4 Å². The topological polar surface area (TPSA) is 29.1 Å². The standard InChI is InChI=1S/C12H20ClNO/c1-3-12(2,7-13)14-11(15)10-8-5-4-6-9(8)10/h8-10H,3-7H2,1-2H3,(H,14,15). The molecule has 2 saturated carbocycles. The van der Waals surface area contributed by atoms with E-state index in [4.69, 9.17) is 11.6 Å². The van der Waals surface area contributed by atoms with Crippen LogP contribution in [0.3, 0.4) is 0 Å². The van der Waals surface area contributed by atoms with Crippen molar-refractivity contribution in [3.63, 3.8) is 0 Å². The summed E-state index contributed by atoms with van der Waals surface area (Å²) in [5, 5.41) is 3.11. The third kappa shape index (κ3) is 2.01. The fraction of sp³-hybridized carbons (Fsp3) is 0.917. The molecule has 1 N–H and O–H groups in total. The van der Waals surface area contributed by atoms with Gasteiger partial charge in [0.15, 0.2) is 0 Å². The van der Waals surface area contributed by atoms with Gasteiger partial charge in [0, 0.05) is 11.8 Å². The van der Waals surface area contributed by atoms with Gasteiger partial charge in [0.1, 0.15) is 0 Å². The first-order valence-corrected chi connectivity index (χ1v) is 6.53. The molecule has 2 aliphatic carbocycles. The first-order chi connectivity index (χ1) is 7.11. The molecular formula is C12H20ClNO. The second-order valence-corrected chi connectivity index (χ2v) is 5.59. The summed E-state index contributed by atoms with van der Waals surface area (Å²) in [6.07, 6.45) is 4.73. The third-order valence-electron chi connectivity index (χ3n) is 4.21. The lowest BCUT2D eigenvalue weighted by atomic mass is 10.0. The maximum absolute atomic E-state index is 12.0. The highest BCUT2D eigenvalue weighted by Gasteiger charge is 2.56. The summed E-state index contributed by atoms with van der Waals surface area (Å²) in [5.74, 6) is 2.45. The van der Waals surface area contributed by atoms with Crippen LogP contribution in [-0.4, -0.2) is 17.3 Å². The number of alkyl halides is 1. The van der Waals surface area contributed by atoms with Crippen molar-refractivity contribution >= 4 is 17.5 Å². The summed E-state index contributed by atoms with van der Waals surface area (Å²) in [6.45, 7) is 4.09. The number of carbonyl (C=O) groups excluding carboxylic acids is 1. The van der Waals surface area contributed by atoms with Gasteiger partial charge in [-0.15, -0.1) is 11.6 Å². The minimum absolute atomic E-state index is 0.213. The van der Waals surface area contributed by atoms with E-state index in [1.165, 1.54) is 19.3 Å². The number of halogens is 1. The molecule has 3 unspecified atom stereocenters. The number of amides is 1. The molecule has 2 fully saturated rings. The Morgan fingerprint density at radius 2 is 2.07 bits per heavy atom. The smallest absolute Gasteiger partial charge is 0.224 e. The monoisotopic (exact) mass is 229 g/mol. The second-order valence-electron chi connectivity index (χ2n) is 5.32. The van der Waals surface area contributed by atoms with Crippen molar-refractivity contribution < 1.29 is 4.79 Å². The van der Waals surface area contributed by atoms with Crippen LogP contribution in [0.5, 0.6) is 0 Å². The van der Waals surface area contributed by atoms with E-state index in [2.05, 4.69) is 12.2 Å². The third-order valence-corrected chi connectivity index (χ3v) is 4.80. The SMILES string of the molecule is CCC(C)(CCl)NC(=O)C1C2CCCC21. The van der Waals surface area contributed by atoms with Crippen LogP contribution in [0, 0.1) is 17.8 Å². The number of fused-ring (bicyclic) bond motifs is 1. The lowest BCUT2D eigenvalue weighted by Gasteiger charge is -2.27. The van der Waals surface area contributed by atoms with Gasteiger partial charge in [0.05, 0.1) is 5.54 Å². The zero-order valence-corrected chi connectivity index (χ0v) is 10.3. The predicted octanol–water partition coefficient (Wildman–Crippen LogP) is 2.56. The van der Waals surface area contributed by atoms with Crippen molar-refractivity contribution in [3.05, 3.63) is 0 Å². The molecule has 0 aromatic heterocycles. The molecule has 0 saturated heterocycles. The Bertz CT molecular complexity index is 252. The van der Waals surface area contributed by atoms with Crippen LogP contribution in [0.1, 0.15) is 39.5 Å². The van der Waals surface area contributed by atoms with Gasteiger partial charge in [0.2, 0.25) is 5.91 Å². The highest BCUT2D eigenvalue weighted by Crippen LogP contribution is 2.57. The van der Waals surface area contributed by atoms with Crippen LogP contribution in [0.2, 0.25) is 0 Å². The van der Waals surface area contributed by atoms with Crippen molar-refractivity contribution in [2.75, 3.05) is 5.88 Å². The molecule has 2 nitrogen and oxygen atoms in total. The van der Waals surface area contributed by atoms with Crippen molar-refractivity contribution in [3.8, 4) is 0 Å². The molecule has 15 heavy (non-hydrogen) atoms. The van der Waals surface area contributed by atoms with Crippen LogP contribution in [0.15, 0.2) is 0 Å². The van der Waals surface area contributed by atoms with Crippen LogP contribution in [0.4, 0.5) is 0 Å². The molecule has 0 aromatic carbocycles. The molecule has 3 heteroatoms. The summed E-state index contributed by atoms with van der Waals surface area (Å²) in [5.41, 5.74) is -0.213. The number of carbonyl (C=O) groups is 1. The van der Waals surface area contributed by atoms with E-state index in [0.717, 1.165) is 6.42 Å². The maximum atomic E-state index is 12.0. The minimum atomic E-state index is -0.213. The van der Waals surface area contributed by atoms with E-state index < -0.39 is 0 Å². The Morgan fingerprint density at radius 1 is 1.47 bits per heavy atom. The number of nitrogens with one attached hydrogen (secondary N) is 1. The second kappa shape index (κ2) is 3.97. The fourth-order valence-corrected chi connectivity index (χ4v) is 3.06. The average molecular weight is 230 g/mol. The Morgan fingerprint density at radius 3 is 2.53 bits per heavy atom. The molecular weight excluding hydrogens is 210 g/mol. The Hall–Kier alpha value is -0.240. The molecule has 0 spiro atoms. The predicted molar refractivity (Wildman–Crippen MR) is 61.9 cm³/mol. The summed E-state index contributed by atoms with van der Waals surface area (Å²) in [4.78, 5) is 12.0. The van der Waals surface area contributed by atoms with Gasteiger partial charge in [-0.3, -0.25) is 4.79 Å². The lowest BCUT2D eigenvalue weighted by Crippen LogP contribution is -2.48. The van der Waals surface area contributed by atoms with E-state index in [1.54, 1.807) is 0 Å².